The number of halogens is 1. The highest BCUT2D eigenvalue weighted by molar-refractivity contribution is 5.30. The first-order chi connectivity index (χ1) is 10.1. The summed E-state index contributed by atoms with van der Waals surface area (Å²) >= 11 is 0. The smallest absolute Gasteiger partial charge is 0.123 e. The third-order valence-electron chi connectivity index (χ3n) is 3.83. The quantitative estimate of drug-likeness (QED) is 0.780. The fraction of sp³-hybridized carbons (Fsp3) is 0.333. The van der Waals surface area contributed by atoms with E-state index in [0.29, 0.717) is 0 Å². The lowest BCUT2D eigenvalue weighted by molar-refractivity contribution is 0.212. The lowest BCUT2D eigenvalue weighted by Gasteiger charge is -2.28. The number of nitrogens with zero attached hydrogens (tertiary/aromatic N) is 1. The van der Waals surface area contributed by atoms with Gasteiger partial charge in [-0.1, -0.05) is 31.2 Å². The normalized spacial score (nSPS) is 12.4. The van der Waals surface area contributed by atoms with Crippen molar-refractivity contribution in [2.24, 2.45) is 0 Å². The number of hydrogen-bond acceptors (Lipinski definition) is 2. The van der Waals surface area contributed by atoms with E-state index in [9.17, 15) is 4.39 Å². The van der Waals surface area contributed by atoms with Crippen LogP contribution in [-0.4, -0.2) is 18.6 Å². The van der Waals surface area contributed by atoms with E-state index in [1.807, 2.05) is 24.3 Å². The Morgan fingerprint density at radius 3 is 2.48 bits per heavy atom. The van der Waals surface area contributed by atoms with Gasteiger partial charge >= 0.3 is 0 Å². The van der Waals surface area contributed by atoms with Gasteiger partial charge in [-0.05, 0) is 48.9 Å². The van der Waals surface area contributed by atoms with Gasteiger partial charge in [-0.25, -0.2) is 4.39 Å². The minimum absolute atomic E-state index is 0.192. The molecule has 21 heavy (non-hydrogen) atoms. The largest absolute Gasteiger partial charge is 0.497 e. The molecule has 0 aliphatic heterocycles. The summed E-state index contributed by atoms with van der Waals surface area (Å²) in [6.45, 7) is 6.05. The van der Waals surface area contributed by atoms with Gasteiger partial charge in [-0.2, -0.15) is 0 Å². The second-order valence-electron chi connectivity index (χ2n) is 5.14. The summed E-state index contributed by atoms with van der Waals surface area (Å²) in [7, 11) is 1.68. The van der Waals surface area contributed by atoms with Crippen LogP contribution < -0.4 is 4.74 Å². The third-order valence-corrected chi connectivity index (χ3v) is 3.83. The first kappa shape index (κ1) is 15.5. The summed E-state index contributed by atoms with van der Waals surface area (Å²) in [4.78, 5) is 2.35. The molecule has 2 aromatic carbocycles. The molecular weight excluding hydrogens is 265 g/mol. The molecule has 112 valence electrons. The Bertz CT molecular complexity index is 568. The molecule has 0 bridgehead atoms. The molecule has 0 spiro atoms. The summed E-state index contributed by atoms with van der Waals surface area (Å²) in [5.74, 6) is 0.680. The number of hydrogen-bond donors (Lipinski definition) is 0. The number of benzene rings is 2. The topological polar surface area (TPSA) is 12.5 Å². The van der Waals surface area contributed by atoms with Gasteiger partial charge in [-0.3, -0.25) is 4.90 Å². The van der Waals surface area contributed by atoms with E-state index in [1.165, 1.54) is 17.7 Å². The Morgan fingerprint density at radius 2 is 1.86 bits per heavy atom. The van der Waals surface area contributed by atoms with Gasteiger partial charge in [0, 0.05) is 12.6 Å². The van der Waals surface area contributed by atoms with Gasteiger partial charge in [0.25, 0.3) is 0 Å². The molecule has 1 atom stereocenters. The lowest BCUT2D eigenvalue weighted by Crippen LogP contribution is -2.26. The monoisotopic (exact) mass is 287 g/mol. The minimum Gasteiger partial charge on any atom is -0.497 e. The van der Waals surface area contributed by atoms with Crippen LogP contribution in [0.4, 0.5) is 4.39 Å². The van der Waals surface area contributed by atoms with Crippen molar-refractivity contribution in [3.8, 4) is 5.75 Å². The maximum atomic E-state index is 13.0. The minimum atomic E-state index is -0.192. The maximum Gasteiger partial charge on any atom is 0.123 e. The zero-order valence-electron chi connectivity index (χ0n) is 12.8. The predicted molar refractivity (Wildman–Crippen MR) is 83.9 cm³/mol. The van der Waals surface area contributed by atoms with E-state index in [-0.39, 0.29) is 11.9 Å². The maximum absolute atomic E-state index is 13.0. The second kappa shape index (κ2) is 7.23. The summed E-state index contributed by atoms with van der Waals surface area (Å²) in [5, 5.41) is 0. The molecule has 0 saturated heterocycles. The molecule has 0 aliphatic rings. The van der Waals surface area contributed by atoms with Crippen LogP contribution >= 0.6 is 0 Å². The summed E-state index contributed by atoms with van der Waals surface area (Å²) < 4.78 is 18.3. The van der Waals surface area contributed by atoms with Crippen LogP contribution in [-0.2, 0) is 6.54 Å². The van der Waals surface area contributed by atoms with Crippen molar-refractivity contribution in [3.63, 3.8) is 0 Å². The number of methoxy groups -OCH3 is 1. The average Bonchev–Trinajstić information content (AvgIpc) is 2.53. The average molecular weight is 287 g/mol. The first-order valence-corrected chi connectivity index (χ1v) is 7.26. The van der Waals surface area contributed by atoms with Crippen LogP contribution in [0.15, 0.2) is 48.5 Å². The molecule has 2 aromatic rings. The summed E-state index contributed by atoms with van der Waals surface area (Å²) in [6.07, 6.45) is 0. The Labute approximate surface area is 126 Å². The second-order valence-corrected chi connectivity index (χ2v) is 5.14. The molecule has 3 heteroatoms. The highest BCUT2D eigenvalue weighted by Gasteiger charge is 2.15. The molecule has 0 heterocycles. The van der Waals surface area contributed by atoms with Crippen LogP contribution in [0.1, 0.15) is 31.0 Å². The van der Waals surface area contributed by atoms with Crippen molar-refractivity contribution in [1.29, 1.82) is 0 Å². The number of ether oxygens (including phenoxy) is 1. The fourth-order valence-electron chi connectivity index (χ4n) is 2.46. The zero-order chi connectivity index (χ0) is 15.2. The van der Waals surface area contributed by atoms with Crippen molar-refractivity contribution in [2.75, 3.05) is 13.7 Å². The van der Waals surface area contributed by atoms with Crippen molar-refractivity contribution in [2.45, 2.75) is 26.4 Å². The van der Waals surface area contributed by atoms with Gasteiger partial charge in [0.2, 0.25) is 0 Å². The molecule has 0 aliphatic carbocycles. The van der Waals surface area contributed by atoms with Crippen molar-refractivity contribution in [1.82, 2.24) is 4.90 Å². The Morgan fingerprint density at radius 1 is 1.14 bits per heavy atom. The van der Waals surface area contributed by atoms with Crippen LogP contribution in [0.5, 0.6) is 5.75 Å². The van der Waals surface area contributed by atoms with E-state index >= 15 is 0 Å². The van der Waals surface area contributed by atoms with E-state index in [2.05, 4.69) is 30.9 Å². The molecule has 0 saturated carbocycles. The molecule has 0 fully saturated rings. The molecule has 0 radical (unpaired) electrons. The lowest BCUT2D eigenvalue weighted by atomic mass is 10.1. The molecular formula is C18H22FNO. The van der Waals surface area contributed by atoms with Gasteiger partial charge in [-0.15, -0.1) is 0 Å². The van der Waals surface area contributed by atoms with Crippen LogP contribution in [0.25, 0.3) is 0 Å². The fourth-order valence-corrected chi connectivity index (χ4v) is 2.46. The Balaban J connectivity index is 2.13. The molecule has 0 aromatic heterocycles. The SMILES string of the molecule is CCN(Cc1ccc(F)cc1)C(C)c1cccc(OC)c1. The van der Waals surface area contributed by atoms with Crippen LogP contribution in [0.3, 0.4) is 0 Å². The van der Waals surface area contributed by atoms with E-state index in [4.69, 9.17) is 4.74 Å². The standard InChI is InChI=1S/C18H22FNO/c1-4-20(13-15-8-10-17(19)11-9-15)14(2)16-6-5-7-18(12-16)21-3/h5-12,14H,4,13H2,1-3H3. The van der Waals surface area contributed by atoms with E-state index < -0.39 is 0 Å². The molecule has 0 N–H and O–H groups in total. The van der Waals surface area contributed by atoms with Crippen molar-refractivity contribution >= 4 is 0 Å². The molecule has 1 unspecified atom stereocenters. The van der Waals surface area contributed by atoms with Crippen LogP contribution in [0.2, 0.25) is 0 Å². The summed E-state index contributed by atoms with van der Waals surface area (Å²) in [6, 6.07) is 15.1. The van der Waals surface area contributed by atoms with Gasteiger partial charge in [0.1, 0.15) is 11.6 Å². The Kier molecular flexibility index (Phi) is 5.34. The predicted octanol–water partition coefficient (Wildman–Crippen LogP) is 4.42. The molecule has 0 amide bonds. The van der Waals surface area contributed by atoms with Gasteiger partial charge < -0.3 is 4.74 Å². The summed E-state index contributed by atoms with van der Waals surface area (Å²) in [5.41, 5.74) is 2.34. The Hall–Kier alpha value is -1.87. The van der Waals surface area contributed by atoms with Gasteiger partial charge in [0.05, 0.1) is 7.11 Å². The molecule has 2 rings (SSSR count). The van der Waals surface area contributed by atoms with E-state index in [0.717, 1.165) is 24.4 Å². The highest BCUT2D eigenvalue weighted by Crippen LogP contribution is 2.25. The highest BCUT2D eigenvalue weighted by atomic mass is 19.1. The van der Waals surface area contributed by atoms with Crippen molar-refractivity contribution in [3.05, 3.63) is 65.5 Å². The molecule has 2 nitrogen and oxygen atoms in total. The van der Waals surface area contributed by atoms with Crippen LogP contribution in [0, 0.1) is 5.82 Å². The van der Waals surface area contributed by atoms with Gasteiger partial charge in [0.15, 0.2) is 0 Å². The third kappa shape index (κ3) is 4.05. The number of rotatable bonds is 6. The van der Waals surface area contributed by atoms with Crippen molar-refractivity contribution < 1.29 is 9.13 Å². The van der Waals surface area contributed by atoms with E-state index in [1.54, 1.807) is 7.11 Å². The zero-order valence-corrected chi connectivity index (χ0v) is 12.8. The first-order valence-electron chi connectivity index (χ1n) is 7.26.